The van der Waals surface area contributed by atoms with Gasteiger partial charge in [0.05, 0.1) is 5.69 Å². The van der Waals surface area contributed by atoms with E-state index in [2.05, 4.69) is 40.5 Å². The van der Waals surface area contributed by atoms with Crippen LogP contribution in [0.1, 0.15) is 25.5 Å². The highest BCUT2D eigenvalue weighted by atomic mass is 15.3. The van der Waals surface area contributed by atoms with Crippen LogP contribution in [0, 0.1) is 0 Å². The fourth-order valence-corrected chi connectivity index (χ4v) is 1.54. The summed E-state index contributed by atoms with van der Waals surface area (Å²) in [4.78, 5) is 2.21. The van der Waals surface area contributed by atoms with Crippen molar-refractivity contribution in [1.82, 2.24) is 15.5 Å². The van der Waals surface area contributed by atoms with Gasteiger partial charge in [-0.2, -0.15) is 5.10 Å². The van der Waals surface area contributed by atoms with Gasteiger partial charge < -0.3 is 10.2 Å². The van der Waals surface area contributed by atoms with Crippen molar-refractivity contribution in [2.45, 2.75) is 32.4 Å². The van der Waals surface area contributed by atoms with Gasteiger partial charge in [0.25, 0.3) is 0 Å². The number of anilines is 1. The Balaban J connectivity index is 1.96. The van der Waals surface area contributed by atoms with Crippen LogP contribution in [0.2, 0.25) is 0 Å². The molecule has 0 unspecified atom stereocenters. The number of hydrogen-bond donors (Lipinski definition) is 1. The second kappa shape index (κ2) is 4.57. The standard InChI is InChI=1S/C11H18N4/c1-3-12-8-9-4-7-11(14-13-9)15(2)10-5-6-10/h4,7,10,12H,3,5-6,8H2,1-2H3. The number of aromatic nitrogens is 2. The van der Waals surface area contributed by atoms with Gasteiger partial charge in [0.2, 0.25) is 0 Å². The molecule has 1 N–H and O–H groups in total. The Morgan fingerprint density at radius 3 is 2.73 bits per heavy atom. The van der Waals surface area contributed by atoms with Crippen LogP contribution in [-0.2, 0) is 6.54 Å². The molecule has 0 bridgehead atoms. The van der Waals surface area contributed by atoms with E-state index in [0.717, 1.165) is 24.6 Å². The van der Waals surface area contributed by atoms with E-state index < -0.39 is 0 Å². The molecule has 0 saturated heterocycles. The van der Waals surface area contributed by atoms with Crippen LogP contribution in [0.5, 0.6) is 0 Å². The Kier molecular flexibility index (Phi) is 3.16. The lowest BCUT2D eigenvalue weighted by Gasteiger charge is -2.16. The molecular formula is C11H18N4. The third kappa shape index (κ3) is 2.65. The zero-order chi connectivity index (χ0) is 10.7. The van der Waals surface area contributed by atoms with Gasteiger partial charge in [-0.15, -0.1) is 5.10 Å². The Labute approximate surface area is 90.7 Å². The van der Waals surface area contributed by atoms with Crippen molar-refractivity contribution in [2.24, 2.45) is 0 Å². The van der Waals surface area contributed by atoms with E-state index in [1.807, 2.05) is 6.07 Å². The third-order valence-electron chi connectivity index (χ3n) is 2.72. The molecule has 4 heteroatoms. The Morgan fingerprint density at radius 2 is 2.20 bits per heavy atom. The third-order valence-corrected chi connectivity index (χ3v) is 2.72. The molecule has 1 aromatic rings. The highest BCUT2D eigenvalue weighted by Gasteiger charge is 2.27. The molecule has 2 rings (SSSR count). The van der Waals surface area contributed by atoms with Crippen molar-refractivity contribution in [3.8, 4) is 0 Å². The van der Waals surface area contributed by atoms with Gasteiger partial charge in [0.1, 0.15) is 0 Å². The number of nitrogens with zero attached hydrogens (tertiary/aromatic N) is 3. The van der Waals surface area contributed by atoms with Crippen LogP contribution < -0.4 is 10.2 Å². The van der Waals surface area contributed by atoms with Gasteiger partial charge in [-0.05, 0) is 31.5 Å². The molecule has 1 saturated carbocycles. The zero-order valence-electron chi connectivity index (χ0n) is 9.40. The summed E-state index contributed by atoms with van der Waals surface area (Å²) in [5.74, 6) is 0.984. The minimum atomic E-state index is 0.693. The molecule has 0 amide bonds. The first kappa shape index (κ1) is 10.4. The highest BCUT2D eigenvalue weighted by Crippen LogP contribution is 2.28. The molecule has 0 atom stereocenters. The molecule has 1 aliphatic rings. The first-order valence-corrected chi connectivity index (χ1v) is 5.57. The SMILES string of the molecule is CCNCc1ccc(N(C)C2CC2)nn1. The molecule has 1 fully saturated rings. The summed E-state index contributed by atoms with van der Waals surface area (Å²) < 4.78 is 0. The average molecular weight is 206 g/mol. The first-order valence-electron chi connectivity index (χ1n) is 5.57. The van der Waals surface area contributed by atoms with Gasteiger partial charge in [-0.3, -0.25) is 0 Å². The van der Waals surface area contributed by atoms with Gasteiger partial charge in [-0.1, -0.05) is 6.92 Å². The van der Waals surface area contributed by atoms with Crippen LogP contribution in [-0.4, -0.2) is 29.8 Å². The molecule has 1 aliphatic carbocycles. The van der Waals surface area contributed by atoms with E-state index in [-0.39, 0.29) is 0 Å². The van der Waals surface area contributed by atoms with Crippen molar-refractivity contribution in [2.75, 3.05) is 18.5 Å². The summed E-state index contributed by atoms with van der Waals surface area (Å²) in [5.41, 5.74) is 1.00. The van der Waals surface area contributed by atoms with Crippen LogP contribution in [0.15, 0.2) is 12.1 Å². The summed E-state index contributed by atoms with van der Waals surface area (Å²) in [7, 11) is 2.09. The topological polar surface area (TPSA) is 41.0 Å². The van der Waals surface area contributed by atoms with E-state index in [9.17, 15) is 0 Å². The zero-order valence-corrected chi connectivity index (χ0v) is 9.40. The molecule has 0 aromatic carbocycles. The second-order valence-electron chi connectivity index (χ2n) is 4.01. The lowest BCUT2D eigenvalue weighted by atomic mass is 10.3. The van der Waals surface area contributed by atoms with Crippen LogP contribution in [0.25, 0.3) is 0 Å². The normalized spacial score (nSPS) is 15.3. The number of nitrogens with one attached hydrogen (secondary N) is 1. The monoisotopic (exact) mass is 206 g/mol. The van der Waals surface area contributed by atoms with Crippen LogP contribution >= 0.6 is 0 Å². The van der Waals surface area contributed by atoms with E-state index in [1.54, 1.807) is 0 Å². The van der Waals surface area contributed by atoms with Gasteiger partial charge >= 0.3 is 0 Å². The van der Waals surface area contributed by atoms with Crippen molar-refractivity contribution in [3.63, 3.8) is 0 Å². The van der Waals surface area contributed by atoms with Crippen molar-refractivity contribution < 1.29 is 0 Å². The molecule has 1 aromatic heterocycles. The summed E-state index contributed by atoms with van der Waals surface area (Å²) in [6.07, 6.45) is 2.58. The van der Waals surface area contributed by atoms with Crippen molar-refractivity contribution in [1.29, 1.82) is 0 Å². The number of hydrogen-bond acceptors (Lipinski definition) is 4. The summed E-state index contributed by atoms with van der Waals surface area (Å²) in [6, 6.07) is 4.79. The Hall–Kier alpha value is -1.16. The Bertz CT molecular complexity index is 305. The van der Waals surface area contributed by atoms with E-state index in [0.29, 0.717) is 6.04 Å². The second-order valence-corrected chi connectivity index (χ2v) is 4.01. The molecular weight excluding hydrogens is 188 g/mol. The molecule has 15 heavy (non-hydrogen) atoms. The quantitative estimate of drug-likeness (QED) is 0.785. The minimum Gasteiger partial charge on any atom is -0.355 e. The predicted molar refractivity (Wildman–Crippen MR) is 60.8 cm³/mol. The maximum Gasteiger partial charge on any atom is 0.151 e. The molecule has 0 aliphatic heterocycles. The van der Waals surface area contributed by atoms with Crippen molar-refractivity contribution >= 4 is 5.82 Å². The lowest BCUT2D eigenvalue weighted by Crippen LogP contribution is -2.21. The fraction of sp³-hybridized carbons (Fsp3) is 0.636. The molecule has 4 nitrogen and oxygen atoms in total. The minimum absolute atomic E-state index is 0.693. The highest BCUT2D eigenvalue weighted by molar-refractivity contribution is 5.39. The van der Waals surface area contributed by atoms with Gasteiger partial charge in [0, 0.05) is 19.6 Å². The summed E-state index contributed by atoms with van der Waals surface area (Å²) in [6.45, 7) is 3.85. The molecule has 0 radical (unpaired) electrons. The average Bonchev–Trinajstić information content (AvgIpc) is 3.10. The smallest absolute Gasteiger partial charge is 0.151 e. The fourth-order valence-electron chi connectivity index (χ4n) is 1.54. The van der Waals surface area contributed by atoms with E-state index in [4.69, 9.17) is 0 Å². The first-order chi connectivity index (χ1) is 7.31. The maximum atomic E-state index is 4.23. The molecule has 82 valence electrons. The van der Waals surface area contributed by atoms with Crippen LogP contribution in [0.3, 0.4) is 0 Å². The molecule has 0 spiro atoms. The number of rotatable bonds is 5. The van der Waals surface area contributed by atoms with Crippen molar-refractivity contribution in [3.05, 3.63) is 17.8 Å². The van der Waals surface area contributed by atoms with Gasteiger partial charge in [-0.25, -0.2) is 0 Å². The Morgan fingerprint density at radius 1 is 1.40 bits per heavy atom. The molecule has 1 heterocycles. The predicted octanol–water partition coefficient (Wildman–Crippen LogP) is 1.18. The summed E-state index contributed by atoms with van der Waals surface area (Å²) in [5, 5.41) is 11.7. The van der Waals surface area contributed by atoms with E-state index in [1.165, 1.54) is 12.8 Å². The lowest BCUT2D eigenvalue weighted by molar-refractivity contribution is 0.696. The van der Waals surface area contributed by atoms with E-state index >= 15 is 0 Å². The van der Waals surface area contributed by atoms with Gasteiger partial charge in [0.15, 0.2) is 5.82 Å². The van der Waals surface area contributed by atoms with Crippen LogP contribution in [0.4, 0.5) is 5.82 Å². The largest absolute Gasteiger partial charge is 0.355 e. The maximum absolute atomic E-state index is 4.23. The summed E-state index contributed by atoms with van der Waals surface area (Å²) >= 11 is 0.